The minimum absolute atomic E-state index is 0.0192. The summed E-state index contributed by atoms with van der Waals surface area (Å²) in [7, 11) is -3.66. The van der Waals surface area contributed by atoms with Gasteiger partial charge in [0.25, 0.3) is 10.0 Å². The van der Waals surface area contributed by atoms with Crippen molar-refractivity contribution in [3.63, 3.8) is 0 Å². The van der Waals surface area contributed by atoms with Crippen LogP contribution >= 0.6 is 0 Å². The zero-order valence-corrected chi connectivity index (χ0v) is 22.5. The zero-order valence-electron chi connectivity index (χ0n) is 21.7. The van der Waals surface area contributed by atoms with Crippen LogP contribution in [0.15, 0.2) is 71.6 Å². The Labute approximate surface area is 219 Å². The smallest absolute Gasteiger partial charge is 0.265 e. The highest BCUT2D eigenvalue weighted by Gasteiger charge is 2.35. The maximum Gasteiger partial charge on any atom is 0.265 e. The summed E-state index contributed by atoms with van der Waals surface area (Å²) in [4.78, 5) is 28.2. The average Bonchev–Trinajstić information content (AvgIpc) is 3.12. The largest absolute Gasteiger partial charge is 0.352 e. The number of rotatable bonds is 11. The summed E-state index contributed by atoms with van der Waals surface area (Å²) < 4.78 is 27.9. The van der Waals surface area contributed by atoms with Crippen LogP contribution in [0.3, 0.4) is 0 Å². The standard InChI is InChI=1S/C29H35N3O4S/c1-4-21(2)30-29(34)22(3)31(20-18-23-11-6-5-7-12-23)27(33)17-10-19-32-25-15-8-13-24-14-9-16-26(28(24)25)37(32,35)36/h5-9,11-16,21-22H,4,10,17-20H2,1-3H3,(H,30,34)/t21-,22-/m0/s1. The first-order chi connectivity index (χ1) is 17.7. The van der Waals surface area contributed by atoms with Gasteiger partial charge in [0.05, 0.1) is 10.6 Å². The van der Waals surface area contributed by atoms with Gasteiger partial charge in [0, 0.05) is 30.9 Å². The van der Waals surface area contributed by atoms with E-state index in [0.717, 1.165) is 22.8 Å². The second kappa shape index (κ2) is 11.3. The molecule has 0 saturated carbocycles. The van der Waals surface area contributed by atoms with E-state index in [0.29, 0.717) is 30.0 Å². The molecule has 1 aliphatic heterocycles. The minimum atomic E-state index is -3.66. The summed E-state index contributed by atoms with van der Waals surface area (Å²) in [6, 6.07) is 20.1. The van der Waals surface area contributed by atoms with Crippen molar-refractivity contribution in [2.75, 3.05) is 17.4 Å². The molecule has 1 heterocycles. The summed E-state index contributed by atoms with van der Waals surface area (Å²) in [5.41, 5.74) is 1.74. The van der Waals surface area contributed by atoms with Crippen molar-refractivity contribution in [3.8, 4) is 0 Å². The normalized spacial score (nSPS) is 15.4. The van der Waals surface area contributed by atoms with E-state index in [2.05, 4.69) is 5.32 Å². The van der Waals surface area contributed by atoms with Gasteiger partial charge in [-0.25, -0.2) is 8.42 Å². The van der Waals surface area contributed by atoms with Crippen molar-refractivity contribution in [1.82, 2.24) is 10.2 Å². The van der Waals surface area contributed by atoms with E-state index in [1.165, 1.54) is 4.31 Å². The fraction of sp³-hybridized carbons (Fsp3) is 0.379. The van der Waals surface area contributed by atoms with E-state index >= 15 is 0 Å². The maximum absolute atomic E-state index is 13.4. The molecule has 7 nitrogen and oxygen atoms in total. The minimum Gasteiger partial charge on any atom is -0.352 e. The van der Waals surface area contributed by atoms with Gasteiger partial charge in [0.2, 0.25) is 11.8 Å². The Morgan fingerprint density at radius 1 is 0.973 bits per heavy atom. The zero-order chi connectivity index (χ0) is 26.6. The van der Waals surface area contributed by atoms with Gasteiger partial charge in [0.1, 0.15) is 6.04 Å². The van der Waals surface area contributed by atoms with E-state index in [-0.39, 0.29) is 30.8 Å². The molecule has 0 unspecified atom stereocenters. The van der Waals surface area contributed by atoms with Crippen LogP contribution in [0, 0.1) is 0 Å². The molecule has 0 aliphatic carbocycles. The molecule has 8 heteroatoms. The molecule has 1 N–H and O–H groups in total. The predicted molar refractivity (Wildman–Crippen MR) is 147 cm³/mol. The molecule has 0 spiro atoms. The highest BCUT2D eigenvalue weighted by atomic mass is 32.2. The summed E-state index contributed by atoms with van der Waals surface area (Å²) >= 11 is 0. The molecule has 196 valence electrons. The molecule has 4 rings (SSSR count). The van der Waals surface area contributed by atoms with Crippen molar-refractivity contribution in [1.29, 1.82) is 0 Å². The lowest BCUT2D eigenvalue weighted by Gasteiger charge is -2.30. The lowest BCUT2D eigenvalue weighted by atomic mass is 10.1. The van der Waals surface area contributed by atoms with Crippen LogP contribution in [0.5, 0.6) is 0 Å². The number of nitrogens with zero attached hydrogens (tertiary/aromatic N) is 2. The summed E-state index contributed by atoms with van der Waals surface area (Å²) in [6.07, 6.45) is 1.93. The number of hydrogen-bond donors (Lipinski definition) is 1. The molecule has 2 atom stereocenters. The number of anilines is 1. The van der Waals surface area contributed by atoms with Gasteiger partial charge in [-0.15, -0.1) is 0 Å². The SMILES string of the molecule is CC[C@H](C)NC(=O)[C@H](C)N(CCc1ccccc1)C(=O)CCCN1c2cccc3cccc(c23)S1(=O)=O. The predicted octanol–water partition coefficient (Wildman–Crippen LogP) is 4.50. The molecule has 3 aromatic carbocycles. The van der Waals surface area contributed by atoms with Crippen molar-refractivity contribution in [3.05, 3.63) is 72.3 Å². The Balaban J connectivity index is 1.46. The summed E-state index contributed by atoms with van der Waals surface area (Å²) in [6.45, 7) is 6.30. The molecule has 37 heavy (non-hydrogen) atoms. The number of hydrogen-bond acceptors (Lipinski definition) is 4. The highest BCUT2D eigenvalue weighted by Crippen LogP contribution is 2.42. The number of nitrogens with one attached hydrogen (secondary N) is 1. The molecular weight excluding hydrogens is 486 g/mol. The van der Waals surface area contributed by atoms with Crippen molar-refractivity contribution >= 4 is 38.3 Å². The van der Waals surface area contributed by atoms with E-state index in [4.69, 9.17) is 0 Å². The first-order valence-electron chi connectivity index (χ1n) is 12.9. The van der Waals surface area contributed by atoms with E-state index in [9.17, 15) is 18.0 Å². The van der Waals surface area contributed by atoms with Crippen LogP contribution in [-0.2, 0) is 26.0 Å². The molecule has 0 radical (unpaired) electrons. The molecule has 2 amide bonds. The topological polar surface area (TPSA) is 86.8 Å². The molecule has 0 fully saturated rings. The van der Waals surface area contributed by atoms with E-state index in [1.807, 2.05) is 68.4 Å². The third-order valence-corrected chi connectivity index (χ3v) is 8.94. The lowest BCUT2D eigenvalue weighted by Crippen LogP contribution is -2.50. The van der Waals surface area contributed by atoms with Crippen LogP contribution in [0.2, 0.25) is 0 Å². The van der Waals surface area contributed by atoms with E-state index < -0.39 is 16.1 Å². The number of carbonyl (C=O) groups excluding carboxylic acids is 2. The van der Waals surface area contributed by atoms with Gasteiger partial charge in [-0.1, -0.05) is 61.5 Å². The van der Waals surface area contributed by atoms with Crippen LogP contribution in [-0.4, -0.2) is 50.3 Å². The van der Waals surface area contributed by atoms with Crippen molar-refractivity contribution in [2.24, 2.45) is 0 Å². The second-order valence-electron chi connectivity index (χ2n) is 9.63. The third-order valence-electron chi connectivity index (χ3n) is 7.09. The van der Waals surface area contributed by atoms with Crippen molar-refractivity contribution < 1.29 is 18.0 Å². The molecular formula is C29H35N3O4S. The second-order valence-corrected chi connectivity index (χ2v) is 11.5. The molecule has 0 bridgehead atoms. The van der Waals surface area contributed by atoms with E-state index in [1.54, 1.807) is 24.0 Å². The maximum atomic E-state index is 13.4. The fourth-order valence-electron chi connectivity index (χ4n) is 4.75. The molecule has 0 aromatic heterocycles. The number of sulfonamides is 1. The van der Waals surface area contributed by atoms with Crippen LogP contribution in [0.1, 0.15) is 45.6 Å². The highest BCUT2D eigenvalue weighted by molar-refractivity contribution is 7.93. The lowest BCUT2D eigenvalue weighted by molar-refractivity contribution is -0.140. The summed E-state index contributed by atoms with van der Waals surface area (Å²) in [5.74, 6) is -0.338. The van der Waals surface area contributed by atoms with Crippen LogP contribution in [0.25, 0.3) is 10.8 Å². The number of benzene rings is 3. The monoisotopic (exact) mass is 521 g/mol. The first kappa shape index (κ1) is 26.7. The van der Waals surface area contributed by atoms with Gasteiger partial charge in [-0.05, 0) is 56.2 Å². The Hall–Kier alpha value is -3.39. The quantitative estimate of drug-likeness (QED) is 0.402. The molecule has 1 aliphatic rings. The molecule has 0 saturated heterocycles. The average molecular weight is 522 g/mol. The Morgan fingerprint density at radius 2 is 1.68 bits per heavy atom. The first-order valence-corrected chi connectivity index (χ1v) is 14.4. The Kier molecular flexibility index (Phi) is 8.17. The molecule has 3 aromatic rings. The van der Waals surface area contributed by atoms with Gasteiger partial charge in [0.15, 0.2) is 0 Å². The van der Waals surface area contributed by atoms with Gasteiger partial charge >= 0.3 is 0 Å². The number of carbonyl (C=O) groups is 2. The third kappa shape index (κ3) is 5.64. The van der Waals surface area contributed by atoms with Crippen molar-refractivity contribution in [2.45, 2.75) is 63.4 Å². The summed E-state index contributed by atoms with van der Waals surface area (Å²) in [5, 5.41) is 4.59. The van der Waals surface area contributed by atoms with Crippen LogP contribution < -0.4 is 9.62 Å². The fourth-order valence-corrected chi connectivity index (χ4v) is 6.50. The Morgan fingerprint density at radius 3 is 2.38 bits per heavy atom. The van der Waals surface area contributed by atoms with Crippen LogP contribution in [0.4, 0.5) is 5.69 Å². The van der Waals surface area contributed by atoms with Gasteiger partial charge in [-0.2, -0.15) is 0 Å². The Bertz CT molecular complexity index is 1370. The van der Waals surface area contributed by atoms with Gasteiger partial charge in [-0.3, -0.25) is 13.9 Å². The number of amides is 2. The van der Waals surface area contributed by atoms with Gasteiger partial charge < -0.3 is 10.2 Å².